The molecule has 1 fully saturated rings. The van der Waals surface area contributed by atoms with Crippen molar-refractivity contribution in [3.05, 3.63) is 70.6 Å². The molecular weight excluding hydrogens is 383 g/mol. The Balaban J connectivity index is 1.69. The molecule has 1 aromatic heterocycles. The third kappa shape index (κ3) is 3.54. The summed E-state index contributed by atoms with van der Waals surface area (Å²) < 4.78 is 19.4. The minimum absolute atomic E-state index is 0.0484. The summed E-state index contributed by atoms with van der Waals surface area (Å²) in [5.41, 5.74) is 7.89. The van der Waals surface area contributed by atoms with E-state index in [1.54, 1.807) is 6.07 Å². The monoisotopic (exact) mass is 398 g/mol. The number of nitrogens with two attached hydrogens (primary N) is 1. The van der Waals surface area contributed by atoms with Gasteiger partial charge in [-0.1, -0.05) is 29.8 Å². The Morgan fingerprint density at radius 1 is 1.18 bits per heavy atom. The zero-order valence-corrected chi connectivity index (χ0v) is 15.4. The zero-order valence-electron chi connectivity index (χ0n) is 14.7. The molecule has 0 radical (unpaired) electrons. The highest BCUT2D eigenvalue weighted by Gasteiger charge is 2.21. The summed E-state index contributed by atoms with van der Waals surface area (Å²) in [4.78, 5) is 11.7. The molecule has 3 N–H and O–H groups in total. The topological polar surface area (TPSA) is 90.1 Å². The molecule has 28 heavy (non-hydrogen) atoms. The van der Waals surface area contributed by atoms with Crippen LogP contribution < -0.4 is 11.1 Å². The third-order valence-electron chi connectivity index (χ3n) is 4.55. The lowest BCUT2D eigenvalue weighted by Gasteiger charge is -2.26. The van der Waals surface area contributed by atoms with E-state index < -0.39 is 11.7 Å². The molecule has 1 amide bonds. The van der Waals surface area contributed by atoms with E-state index in [4.69, 9.17) is 22.1 Å². The Morgan fingerprint density at radius 2 is 1.93 bits per heavy atom. The van der Waals surface area contributed by atoms with Gasteiger partial charge < -0.3 is 15.8 Å². The lowest BCUT2D eigenvalue weighted by molar-refractivity contribution is 0.00843. The van der Waals surface area contributed by atoms with Gasteiger partial charge in [0.25, 0.3) is 5.91 Å². The molecule has 0 unspecified atom stereocenters. The Labute approximate surface area is 165 Å². The first kappa shape index (κ1) is 18.3. The maximum Gasteiger partial charge on any atom is 0.271 e. The van der Waals surface area contributed by atoms with Crippen LogP contribution in [0.3, 0.4) is 0 Å². The molecule has 0 atom stereocenters. The standard InChI is InChI=1S/C20H16ClFN4O2/c21-14-2-1-3-15(22)18(14)16-8-17(19(20(23)27)26-25-16)24-13-6-4-11(5-7-13)12-9-28-10-12/h1-8,12H,9-10H2,(H2,23,27)(H,24,25). The second-order valence-electron chi connectivity index (χ2n) is 6.43. The molecule has 4 rings (SSSR count). The van der Waals surface area contributed by atoms with Crippen LogP contribution in [0.15, 0.2) is 48.5 Å². The summed E-state index contributed by atoms with van der Waals surface area (Å²) >= 11 is 6.12. The molecular formula is C20H16ClFN4O2. The van der Waals surface area contributed by atoms with Crippen molar-refractivity contribution >= 4 is 28.9 Å². The molecule has 0 bridgehead atoms. The normalized spacial score (nSPS) is 13.8. The van der Waals surface area contributed by atoms with Gasteiger partial charge in [-0.25, -0.2) is 4.39 Å². The molecule has 0 saturated carbocycles. The smallest absolute Gasteiger partial charge is 0.271 e. The molecule has 3 aromatic rings. The van der Waals surface area contributed by atoms with Gasteiger partial charge >= 0.3 is 0 Å². The van der Waals surface area contributed by atoms with Gasteiger partial charge in [-0.3, -0.25) is 4.79 Å². The Bertz CT molecular complexity index is 1020. The van der Waals surface area contributed by atoms with Crippen molar-refractivity contribution in [2.75, 3.05) is 18.5 Å². The van der Waals surface area contributed by atoms with Crippen molar-refractivity contribution in [1.82, 2.24) is 10.2 Å². The van der Waals surface area contributed by atoms with Crippen molar-refractivity contribution in [2.24, 2.45) is 5.73 Å². The first-order chi connectivity index (χ1) is 13.5. The van der Waals surface area contributed by atoms with Crippen molar-refractivity contribution < 1.29 is 13.9 Å². The average Bonchev–Trinajstić information content (AvgIpc) is 2.62. The third-order valence-corrected chi connectivity index (χ3v) is 4.86. The summed E-state index contributed by atoms with van der Waals surface area (Å²) in [6.45, 7) is 1.44. The minimum Gasteiger partial charge on any atom is -0.380 e. The van der Waals surface area contributed by atoms with Crippen LogP contribution in [0.5, 0.6) is 0 Å². The maximum atomic E-state index is 14.2. The Kier molecular flexibility index (Phi) is 4.93. The van der Waals surface area contributed by atoms with E-state index in [1.807, 2.05) is 24.3 Å². The van der Waals surface area contributed by atoms with Gasteiger partial charge in [0, 0.05) is 11.6 Å². The van der Waals surface area contributed by atoms with Crippen LogP contribution >= 0.6 is 11.6 Å². The summed E-state index contributed by atoms with van der Waals surface area (Å²) in [7, 11) is 0. The summed E-state index contributed by atoms with van der Waals surface area (Å²) in [6.07, 6.45) is 0. The van der Waals surface area contributed by atoms with E-state index in [2.05, 4.69) is 15.5 Å². The van der Waals surface area contributed by atoms with Crippen molar-refractivity contribution in [3.63, 3.8) is 0 Å². The highest BCUT2D eigenvalue weighted by atomic mass is 35.5. The van der Waals surface area contributed by atoms with E-state index in [1.165, 1.54) is 23.8 Å². The van der Waals surface area contributed by atoms with Crippen LogP contribution in [0, 0.1) is 5.82 Å². The van der Waals surface area contributed by atoms with Gasteiger partial charge in [0.2, 0.25) is 0 Å². The fraction of sp³-hybridized carbons (Fsp3) is 0.150. The number of primary amides is 1. The molecule has 1 saturated heterocycles. The summed E-state index contributed by atoms with van der Waals surface area (Å²) in [5, 5.41) is 11.1. The molecule has 142 valence electrons. The number of hydrogen-bond donors (Lipinski definition) is 2. The van der Waals surface area contributed by atoms with E-state index in [0.717, 1.165) is 18.9 Å². The van der Waals surface area contributed by atoms with E-state index in [9.17, 15) is 9.18 Å². The minimum atomic E-state index is -0.746. The number of amides is 1. The zero-order chi connectivity index (χ0) is 19.7. The second-order valence-corrected chi connectivity index (χ2v) is 6.84. The van der Waals surface area contributed by atoms with E-state index in [-0.39, 0.29) is 22.0 Å². The highest BCUT2D eigenvalue weighted by molar-refractivity contribution is 6.33. The number of nitrogens with one attached hydrogen (secondary N) is 1. The largest absolute Gasteiger partial charge is 0.380 e. The Hall–Kier alpha value is -3.03. The fourth-order valence-corrected chi connectivity index (χ4v) is 3.22. The molecule has 2 heterocycles. The lowest BCUT2D eigenvalue weighted by atomic mass is 9.97. The first-order valence-electron chi connectivity index (χ1n) is 8.59. The molecule has 0 aliphatic carbocycles. The number of benzene rings is 2. The van der Waals surface area contributed by atoms with Gasteiger partial charge in [0.15, 0.2) is 5.69 Å². The van der Waals surface area contributed by atoms with Gasteiger partial charge in [0.1, 0.15) is 5.82 Å². The molecule has 1 aliphatic heterocycles. The first-order valence-corrected chi connectivity index (χ1v) is 8.97. The van der Waals surface area contributed by atoms with Crippen LogP contribution in [0.25, 0.3) is 11.3 Å². The molecule has 6 nitrogen and oxygen atoms in total. The van der Waals surface area contributed by atoms with Gasteiger partial charge in [-0.15, -0.1) is 10.2 Å². The average molecular weight is 399 g/mol. The van der Waals surface area contributed by atoms with Crippen LogP contribution in [0.1, 0.15) is 22.0 Å². The van der Waals surface area contributed by atoms with Crippen molar-refractivity contribution in [2.45, 2.75) is 5.92 Å². The number of carbonyl (C=O) groups is 1. The number of hydrogen-bond acceptors (Lipinski definition) is 5. The molecule has 1 aliphatic rings. The number of aromatic nitrogens is 2. The van der Waals surface area contributed by atoms with Crippen LogP contribution in [0.4, 0.5) is 15.8 Å². The maximum absolute atomic E-state index is 14.2. The summed E-state index contributed by atoms with van der Waals surface area (Å²) in [6, 6.07) is 13.6. The number of rotatable bonds is 5. The van der Waals surface area contributed by atoms with Crippen LogP contribution in [0.2, 0.25) is 5.02 Å². The predicted molar refractivity (Wildman–Crippen MR) is 104 cm³/mol. The molecule has 2 aromatic carbocycles. The molecule has 8 heteroatoms. The quantitative estimate of drug-likeness (QED) is 0.680. The van der Waals surface area contributed by atoms with Crippen LogP contribution in [-0.4, -0.2) is 29.3 Å². The molecule has 0 spiro atoms. The Morgan fingerprint density at radius 3 is 2.54 bits per heavy atom. The second kappa shape index (κ2) is 7.53. The van der Waals surface area contributed by atoms with Gasteiger partial charge in [0.05, 0.1) is 35.2 Å². The van der Waals surface area contributed by atoms with Crippen molar-refractivity contribution in [3.8, 4) is 11.3 Å². The van der Waals surface area contributed by atoms with Gasteiger partial charge in [-0.05, 0) is 35.9 Å². The number of ether oxygens (including phenoxy) is 1. The van der Waals surface area contributed by atoms with Crippen LogP contribution in [-0.2, 0) is 4.74 Å². The van der Waals surface area contributed by atoms with E-state index >= 15 is 0 Å². The van der Waals surface area contributed by atoms with Crippen molar-refractivity contribution in [1.29, 1.82) is 0 Å². The summed E-state index contributed by atoms with van der Waals surface area (Å²) in [5.74, 6) is -0.872. The van der Waals surface area contributed by atoms with E-state index in [0.29, 0.717) is 11.6 Å². The number of carbonyl (C=O) groups excluding carboxylic acids is 1. The van der Waals surface area contributed by atoms with Gasteiger partial charge in [-0.2, -0.15) is 0 Å². The number of halogens is 2. The fourth-order valence-electron chi connectivity index (χ4n) is 2.96. The lowest BCUT2D eigenvalue weighted by Crippen LogP contribution is -2.24. The predicted octanol–water partition coefficient (Wildman–Crippen LogP) is 3.89. The SMILES string of the molecule is NC(=O)c1nnc(-c2c(F)cccc2Cl)cc1Nc1ccc(C2COC2)cc1. The number of anilines is 2. The number of nitrogens with zero attached hydrogens (tertiary/aromatic N) is 2. The highest BCUT2D eigenvalue weighted by Crippen LogP contribution is 2.32.